The van der Waals surface area contributed by atoms with Crippen molar-refractivity contribution >= 4 is 17.9 Å². The standard InChI is InChI=1S/C75H122O6/c1-4-7-10-13-16-19-22-25-28-31-34-35-36-37-38-39-42-44-47-50-53-56-59-62-65-68-74(77)80-71-72(81-75(78)69-66-63-60-57-54-51-48-45-41-33-30-27-24-21-18-15-12-9-6-3)70-79-73(76)67-64-61-58-55-52-49-46-43-40-32-29-26-23-20-17-14-11-8-5-2/h7,9-10,12,16,18-19,21,25-30,34-35,37-38,41,45,51,54,60,63,72H,4-6,8,11,13-15,17,20,22-24,31-33,36,39-40,42-44,46-50,52-53,55-59,61-62,64-71H2,1-3H3/b10-7-,12-9-,19-16-,21-18-,28-25-,29-26-,30-27-,35-34-,38-37-,45-41-,54-51-,63-60-. The average molecular weight is 1120 g/mol. The van der Waals surface area contributed by atoms with Crippen LogP contribution in [0.1, 0.15) is 290 Å². The predicted molar refractivity (Wildman–Crippen MR) is 352 cm³/mol. The number of hydrogen-bond donors (Lipinski definition) is 0. The summed E-state index contributed by atoms with van der Waals surface area (Å²) in [6, 6.07) is 0. The molecule has 0 aliphatic rings. The number of ether oxygens (including phenoxy) is 3. The molecule has 0 fully saturated rings. The fourth-order valence-electron chi connectivity index (χ4n) is 8.90. The first-order chi connectivity index (χ1) is 40.0. The van der Waals surface area contributed by atoms with E-state index < -0.39 is 12.1 Å². The Morgan fingerprint density at radius 3 is 0.815 bits per heavy atom. The fourth-order valence-corrected chi connectivity index (χ4v) is 8.90. The van der Waals surface area contributed by atoms with Crippen LogP contribution in [-0.4, -0.2) is 37.2 Å². The van der Waals surface area contributed by atoms with Gasteiger partial charge in [-0.3, -0.25) is 14.4 Å². The Labute approximate surface area is 499 Å². The quantitative estimate of drug-likeness (QED) is 0.0261. The van der Waals surface area contributed by atoms with Crippen LogP contribution >= 0.6 is 0 Å². The second kappa shape index (κ2) is 67.8. The number of rotatable bonds is 59. The number of esters is 3. The van der Waals surface area contributed by atoms with Gasteiger partial charge in [-0.15, -0.1) is 0 Å². The van der Waals surface area contributed by atoms with Gasteiger partial charge in [0.15, 0.2) is 6.10 Å². The number of allylic oxidation sites excluding steroid dienone is 24. The third-order valence-corrected chi connectivity index (χ3v) is 13.8. The maximum Gasteiger partial charge on any atom is 0.306 e. The van der Waals surface area contributed by atoms with Gasteiger partial charge >= 0.3 is 17.9 Å². The molecule has 81 heavy (non-hydrogen) atoms. The highest BCUT2D eigenvalue weighted by Crippen LogP contribution is 2.15. The summed E-state index contributed by atoms with van der Waals surface area (Å²) in [6.07, 6.45) is 97.2. The monoisotopic (exact) mass is 1120 g/mol. The average Bonchev–Trinajstić information content (AvgIpc) is 3.47. The van der Waals surface area contributed by atoms with Crippen molar-refractivity contribution in [2.24, 2.45) is 0 Å². The van der Waals surface area contributed by atoms with Crippen LogP contribution in [-0.2, 0) is 28.6 Å². The highest BCUT2D eigenvalue weighted by molar-refractivity contribution is 5.71. The zero-order valence-electron chi connectivity index (χ0n) is 52.5. The van der Waals surface area contributed by atoms with E-state index in [-0.39, 0.29) is 31.6 Å². The smallest absolute Gasteiger partial charge is 0.306 e. The molecule has 6 heteroatoms. The minimum Gasteiger partial charge on any atom is -0.462 e. The van der Waals surface area contributed by atoms with Crippen molar-refractivity contribution < 1.29 is 28.6 Å². The van der Waals surface area contributed by atoms with Crippen LogP contribution in [0.15, 0.2) is 146 Å². The van der Waals surface area contributed by atoms with Crippen LogP contribution in [0.3, 0.4) is 0 Å². The largest absolute Gasteiger partial charge is 0.462 e. The van der Waals surface area contributed by atoms with Crippen LogP contribution in [0, 0.1) is 0 Å². The van der Waals surface area contributed by atoms with Gasteiger partial charge in [0, 0.05) is 19.3 Å². The Morgan fingerprint density at radius 1 is 0.259 bits per heavy atom. The molecule has 0 saturated heterocycles. The zero-order valence-corrected chi connectivity index (χ0v) is 52.5. The Hall–Kier alpha value is -4.71. The van der Waals surface area contributed by atoms with E-state index in [4.69, 9.17) is 14.2 Å². The molecule has 0 bridgehead atoms. The molecular weight excluding hydrogens is 997 g/mol. The van der Waals surface area contributed by atoms with Gasteiger partial charge in [0.2, 0.25) is 0 Å². The van der Waals surface area contributed by atoms with Crippen molar-refractivity contribution in [2.75, 3.05) is 13.2 Å². The Morgan fingerprint density at radius 2 is 0.506 bits per heavy atom. The molecule has 6 nitrogen and oxygen atoms in total. The molecule has 0 spiro atoms. The Balaban J connectivity index is 4.49. The molecule has 1 atom stereocenters. The molecule has 0 N–H and O–H groups in total. The summed E-state index contributed by atoms with van der Waals surface area (Å²) < 4.78 is 16.9. The third-order valence-electron chi connectivity index (χ3n) is 13.8. The van der Waals surface area contributed by atoms with Crippen LogP contribution in [0.25, 0.3) is 0 Å². The number of unbranched alkanes of at least 4 members (excludes halogenated alkanes) is 24. The number of hydrogen-bond acceptors (Lipinski definition) is 6. The number of carbonyl (C=O) groups excluding carboxylic acids is 3. The summed E-state index contributed by atoms with van der Waals surface area (Å²) in [5, 5.41) is 0. The van der Waals surface area contributed by atoms with Gasteiger partial charge in [-0.1, -0.05) is 289 Å². The fraction of sp³-hybridized carbons (Fsp3) is 0.640. The molecule has 0 aromatic rings. The van der Waals surface area contributed by atoms with Gasteiger partial charge in [0.25, 0.3) is 0 Å². The normalized spacial score (nSPS) is 13.1. The molecule has 0 radical (unpaired) electrons. The Kier molecular flexibility index (Phi) is 63.9. The van der Waals surface area contributed by atoms with Crippen molar-refractivity contribution in [3.63, 3.8) is 0 Å². The minimum atomic E-state index is -0.830. The van der Waals surface area contributed by atoms with Gasteiger partial charge in [-0.2, -0.15) is 0 Å². The van der Waals surface area contributed by atoms with Gasteiger partial charge in [-0.05, 0) is 128 Å². The van der Waals surface area contributed by atoms with Crippen molar-refractivity contribution in [1.29, 1.82) is 0 Å². The van der Waals surface area contributed by atoms with Crippen LogP contribution in [0.4, 0.5) is 0 Å². The molecule has 0 aliphatic carbocycles. The molecule has 0 aromatic carbocycles. The van der Waals surface area contributed by atoms with Crippen molar-refractivity contribution in [3.8, 4) is 0 Å². The van der Waals surface area contributed by atoms with E-state index >= 15 is 0 Å². The van der Waals surface area contributed by atoms with Gasteiger partial charge in [-0.25, -0.2) is 0 Å². The lowest BCUT2D eigenvalue weighted by Gasteiger charge is -2.18. The molecule has 1 unspecified atom stereocenters. The first-order valence-electron chi connectivity index (χ1n) is 33.3. The van der Waals surface area contributed by atoms with Crippen LogP contribution in [0.2, 0.25) is 0 Å². The van der Waals surface area contributed by atoms with Crippen LogP contribution < -0.4 is 0 Å². The summed E-state index contributed by atoms with van der Waals surface area (Å²) in [4.78, 5) is 38.4. The first-order valence-corrected chi connectivity index (χ1v) is 33.3. The predicted octanol–water partition coefficient (Wildman–Crippen LogP) is 23.1. The van der Waals surface area contributed by atoms with Crippen molar-refractivity contribution in [1.82, 2.24) is 0 Å². The van der Waals surface area contributed by atoms with E-state index in [2.05, 4.69) is 161 Å². The minimum absolute atomic E-state index is 0.115. The Bertz CT molecular complexity index is 1760. The molecule has 458 valence electrons. The second-order valence-corrected chi connectivity index (χ2v) is 21.6. The first kappa shape index (κ1) is 76.3. The topological polar surface area (TPSA) is 78.9 Å². The summed E-state index contributed by atoms with van der Waals surface area (Å²) in [6.45, 7) is 6.36. The molecule has 0 aliphatic heterocycles. The van der Waals surface area contributed by atoms with Crippen molar-refractivity contribution in [3.05, 3.63) is 146 Å². The van der Waals surface area contributed by atoms with Gasteiger partial charge in [0.1, 0.15) is 13.2 Å². The zero-order chi connectivity index (χ0) is 58.5. The van der Waals surface area contributed by atoms with E-state index in [1.165, 1.54) is 128 Å². The van der Waals surface area contributed by atoms with Crippen LogP contribution in [0.5, 0.6) is 0 Å². The lowest BCUT2D eigenvalue weighted by Crippen LogP contribution is -2.30. The molecule has 0 rings (SSSR count). The lowest BCUT2D eigenvalue weighted by atomic mass is 10.1. The van der Waals surface area contributed by atoms with Gasteiger partial charge in [0.05, 0.1) is 0 Å². The third kappa shape index (κ3) is 66.0. The second-order valence-electron chi connectivity index (χ2n) is 21.6. The number of carbonyl (C=O) groups is 3. The molecule has 0 saturated carbocycles. The summed E-state index contributed by atoms with van der Waals surface area (Å²) in [5.74, 6) is -1.01. The van der Waals surface area contributed by atoms with Crippen molar-refractivity contribution in [2.45, 2.75) is 297 Å². The van der Waals surface area contributed by atoms with E-state index in [1.54, 1.807) is 0 Å². The lowest BCUT2D eigenvalue weighted by molar-refractivity contribution is -0.166. The van der Waals surface area contributed by atoms with E-state index in [0.717, 1.165) is 116 Å². The van der Waals surface area contributed by atoms with E-state index in [9.17, 15) is 14.4 Å². The molecule has 0 aromatic heterocycles. The van der Waals surface area contributed by atoms with E-state index in [0.29, 0.717) is 19.3 Å². The molecular formula is C75H122O6. The summed E-state index contributed by atoms with van der Waals surface area (Å²) >= 11 is 0. The summed E-state index contributed by atoms with van der Waals surface area (Å²) in [7, 11) is 0. The maximum absolute atomic E-state index is 12.9. The maximum atomic E-state index is 12.9. The SMILES string of the molecule is CC/C=C\C/C=C\C/C=C\C/C=C\C/C=C\C/C=C\CCC(=O)OC(COC(=O)CCCCCCCCCCC/C=C\C/C=C\C/C=C\C/C=C\C/C=C\CC)COC(=O)CCCCCCCCCCC/C=C\CCCCCCCC. The molecule has 0 heterocycles. The van der Waals surface area contributed by atoms with E-state index in [1.807, 2.05) is 6.08 Å². The highest BCUT2D eigenvalue weighted by Gasteiger charge is 2.19. The summed E-state index contributed by atoms with van der Waals surface area (Å²) in [5.41, 5.74) is 0. The van der Waals surface area contributed by atoms with Gasteiger partial charge < -0.3 is 14.2 Å². The molecule has 0 amide bonds. The highest BCUT2D eigenvalue weighted by atomic mass is 16.6.